The number of sulfonamides is 1. The van der Waals surface area contributed by atoms with E-state index in [-0.39, 0.29) is 24.4 Å². The van der Waals surface area contributed by atoms with Crippen LogP contribution in [0.3, 0.4) is 0 Å². The summed E-state index contributed by atoms with van der Waals surface area (Å²) < 4.78 is 31.5. The van der Waals surface area contributed by atoms with Crippen LogP contribution in [0.1, 0.15) is 44.5 Å². The molecular formula is C18H28N2O5S. The summed E-state index contributed by atoms with van der Waals surface area (Å²) in [4.78, 5) is 12.7. The number of anilines is 1. The molecule has 1 saturated carbocycles. The molecule has 1 fully saturated rings. The third-order valence-electron chi connectivity index (χ3n) is 5.34. The molecule has 146 valence electrons. The Morgan fingerprint density at radius 2 is 2.04 bits per heavy atom. The molecule has 1 aromatic carbocycles. The van der Waals surface area contributed by atoms with Crippen LogP contribution < -0.4 is 10.0 Å². The molecule has 2 unspecified atom stereocenters. The van der Waals surface area contributed by atoms with Crippen molar-refractivity contribution in [1.29, 1.82) is 0 Å². The van der Waals surface area contributed by atoms with E-state index in [1.807, 2.05) is 20.8 Å². The molecule has 0 aromatic heterocycles. The maximum Gasteiger partial charge on any atom is 0.251 e. The van der Waals surface area contributed by atoms with Gasteiger partial charge in [0.15, 0.2) is 0 Å². The Balaban J connectivity index is 2.17. The normalized spacial score (nSPS) is 24.6. The van der Waals surface area contributed by atoms with E-state index in [0.717, 1.165) is 0 Å². The predicted molar refractivity (Wildman–Crippen MR) is 101 cm³/mol. The first-order valence-corrected chi connectivity index (χ1v) is 10.4. The minimum atomic E-state index is -3.42. The Morgan fingerprint density at radius 3 is 2.58 bits per heavy atom. The van der Waals surface area contributed by atoms with Crippen LogP contribution in [-0.2, 0) is 14.8 Å². The topological polar surface area (TPSA) is 105 Å². The number of aliphatic hydroxyl groups excluding tert-OH is 1. The predicted octanol–water partition coefficient (Wildman–Crippen LogP) is 1.74. The molecule has 8 heteroatoms. The highest BCUT2D eigenvalue weighted by Crippen LogP contribution is 2.51. The minimum absolute atomic E-state index is 0.0392. The first-order chi connectivity index (χ1) is 12.1. The third-order valence-corrected chi connectivity index (χ3v) is 6.65. The summed E-state index contributed by atoms with van der Waals surface area (Å²) in [6.07, 6.45) is 0.487. The maximum atomic E-state index is 12.7. The van der Waals surface area contributed by atoms with Gasteiger partial charge in [-0.3, -0.25) is 9.52 Å². The van der Waals surface area contributed by atoms with Crippen LogP contribution in [0.25, 0.3) is 0 Å². The Morgan fingerprint density at radius 1 is 1.35 bits per heavy atom. The second kappa shape index (κ2) is 7.54. The van der Waals surface area contributed by atoms with Crippen LogP contribution in [0.15, 0.2) is 24.3 Å². The molecule has 1 aromatic rings. The smallest absolute Gasteiger partial charge is 0.251 e. The van der Waals surface area contributed by atoms with Gasteiger partial charge in [-0.1, -0.05) is 19.9 Å². The third kappa shape index (κ3) is 3.87. The van der Waals surface area contributed by atoms with E-state index in [4.69, 9.17) is 4.74 Å². The van der Waals surface area contributed by atoms with Crippen molar-refractivity contribution in [2.24, 2.45) is 5.41 Å². The van der Waals surface area contributed by atoms with Gasteiger partial charge in [-0.15, -0.1) is 0 Å². The number of ether oxygens (including phenoxy) is 1. The van der Waals surface area contributed by atoms with Crippen LogP contribution in [0, 0.1) is 5.41 Å². The second-order valence-corrected chi connectivity index (χ2v) is 9.16. The molecule has 0 aliphatic heterocycles. The molecule has 2 rings (SSSR count). The fourth-order valence-electron chi connectivity index (χ4n) is 3.27. The van der Waals surface area contributed by atoms with Crippen molar-refractivity contribution in [1.82, 2.24) is 5.32 Å². The number of rotatable bonds is 8. The van der Waals surface area contributed by atoms with Crippen LogP contribution >= 0.6 is 0 Å². The van der Waals surface area contributed by atoms with E-state index in [2.05, 4.69) is 10.0 Å². The Kier molecular flexibility index (Phi) is 5.99. The summed E-state index contributed by atoms with van der Waals surface area (Å²) >= 11 is 0. The van der Waals surface area contributed by atoms with Crippen molar-refractivity contribution in [3.05, 3.63) is 29.8 Å². The number of nitrogens with one attached hydrogen (secondary N) is 2. The summed E-state index contributed by atoms with van der Waals surface area (Å²) in [6.45, 7) is 7.74. The van der Waals surface area contributed by atoms with E-state index < -0.39 is 21.0 Å². The van der Waals surface area contributed by atoms with Gasteiger partial charge in [0.2, 0.25) is 10.0 Å². The number of aliphatic hydroxyl groups is 1. The van der Waals surface area contributed by atoms with Gasteiger partial charge in [-0.05, 0) is 32.0 Å². The lowest BCUT2D eigenvalue weighted by atomic mass is 9.54. The van der Waals surface area contributed by atoms with Crippen molar-refractivity contribution in [2.45, 2.75) is 45.8 Å². The van der Waals surface area contributed by atoms with Gasteiger partial charge in [-0.25, -0.2) is 8.42 Å². The SMILES string of the molecule is CCOC1CC(CO)(NC(=O)c2cccc(NS(=O)(=O)CC)c2)C1(C)C. The first-order valence-electron chi connectivity index (χ1n) is 8.76. The van der Waals surface area contributed by atoms with Crippen molar-refractivity contribution in [2.75, 3.05) is 23.7 Å². The van der Waals surface area contributed by atoms with Gasteiger partial charge in [-0.2, -0.15) is 0 Å². The Hall–Kier alpha value is -1.64. The van der Waals surface area contributed by atoms with Crippen LogP contribution in [0.2, 0.25) is 0 Å². The average Bonchev–Trinajstić information content (AvgIpc) is 2.60. The molecule has 2 atom stereocenters. The lowest BCUT2D eigenvalue weighted by Crippen LogP contribution is -2.74. The molecule has 7 nitrogen and oxygen atoms in total. The quantitative estimate of drug-likeness (QED) is 0.633. The van der Waals surface area contributed by atoms with E-state index in [1.54, 1.807) is 18.2 Å². The standard InChI is InChI=1S/C18H28N2O5S/c1-5-25-15-11-18(12-21,17(15,3)4)19-16(22)13-8-7-9-14(10-13)20-26(23,24)6-2/h7-10,15,20-21H,5-6,11-12H2,1-4H3,(H,19,22). The zero-order valence-electron chi connectivity index (χ0n) is 15.7. The largest absolute Gasteiger partial charge is 0.394 e. The monoisotopic (exact) mass is 384 g/mol. The summed E-state index contributed by atoms with van der Waals surface area (Å²) in [7, 11) is -3.42. The molecule has 0 spiro atoms. The van der Waals surface area contributed by atoms with Crippen LogP contribution in [0.4, 0.5) is 5.69 Å². The van der Waals surface area contributed by atoms with Gasteiger partial charge >= 0.3 is 0 Å². The van der Waals surface area contributed by atoms with Gasteiger partial charge in [0, 0.05) is 29.7 Å². The molecule has 0 bridgehead atoms. The van der Waals surface area contributed by atoms with E-state index >= 15 is 0 Å². The van der Waals surface area contributed by atoms with Crippen molar-refractivity contribution in [3.63, 3.8) is 0 Å². The lowest BCUT2D eigenvalue weighted by molar-refractivity contribution is -0.172. The van der Waals surface area contributed by atoms with Crippen LogP contribution in [0.5, 0.6) is 0 Å². The van der Waals surface area contributed by atoms with E-state index in [9.17, 15) is 18.3 Å². The summed E-state index contributed by atoms with van der Waals surface area (Å²) in [5.41, 5.74) is -0.542. The molecule has 0 heterocycles. The highest BCUT2D eigenvalue weighted by Gasteiger charge is 2.61. The molecule has 1 aliphatic carbocycles. The zero-order chi connectivity index (χ0) is 19.6. The molecular weight excluding hydrogens is 356 g/mol. The number of carbonyl (C=O) groups is 1. The Bertz CT molecular complexity index is 763. The van der Waals surface area contributed by atoms with E-state index in [0.29, 0.717) is 24.3 Å². The molecule has 26 heavy (non-hydrogen) atoms. The summed E-state index contributed by atoms with van der Waals surface area (Å²) in [6, 6.07) is 6.29. The number of carbonyl (C=O) groups excluding carboxylic acids is 1. The molecule has 3 N–H and O–H groups in total. The van der Waals surface area contributed by atoms with Crippen molar-refractivity contribution >= 4 is 21.6 Å². The number of hydrogen-bond donors (Lipinski definition) is 3. The summed E-state index contributed by atoms with van der Waals surface area (Å²) in [5, 5.41) is 12.9. The molecule has 0 radical (unpaired) electrons. The zero-order valence-corrected chi connectivity index (χ0v) is 16.5. The van der Waals surface area contributed by atoms with Gasteiger partial charge in [0.05, 0.1) is 24.0 Å². The number of amides is 1. The number of benzene rings is 1. The van der Waals surface area contributed by atoms with E-state index in [1.165, 1.54) is 13.0 Å². The van der Waals surface area contributed by atoms with Gasteiger partial charge in [0.1, 0.15) is 0 Å². The van der Waals surface area contributed by atoms with Crippen molar-refractivity contribution in [3.8, 4) is 0 Å². The van der Waals surface area contributed by atoms with Gasteiger partial charge < -0.3 is 15.2 Å². The number of hydrogen-bond acceptors (Lipinski definition) is 5. The molecule has 1 aliphatic rings. The van der Waals surface area contributed by atoms with Crippen LogP contribution in [-0.4, -0.2) is 50.0 Å². The summed E-state index contributed by atoms with van der Waals surface area (Å²) in [5.74, 6) is -0.413. The van der Waals surface area contributed by atoms with Gasteiger partial charge in [0.25, 0.3) is 5.91 Å². The Labute approximate surface area is 155 Å². The maximum absolute atomic E-state index is 12.7. The highest BCUT2D eigenvalue weighted by atomic mass is 32.2. The average molecular weight is 384 g/mol. The minimum Gasteiger partial charge on any atom is -0.394 e. The molecule has 0 saturated heterocycles. The van der Waals surface area contributed by atoms with Crippen molar-refractivity contribution < 1.29 is 23.1 Å². The second-order valence-electron chi connectivity index (χ2n) is 7.15. The fourth-order valence-corrected chi connectivity index (χ4v) is 3.90. The molecule has 1 amide bonds. The first kappa shape index (κ1) is 20.7. The lowest BCUT2D eigenvalue weighted by Gasteiger charge is -2.60. The highest BCUT2D eigenvalue weighted by molar-refractivity contribution is 7.92. The fraction of sp³-hybridized carbons (Fsp3) is 0.611.